The molecule has 0 saturated carbocycles. The molecule has 3 amide bonds. The molecule has 1 aromatic rings. The fourth-order valence-corrected chi connectivity index (χ4v) is 4.16. The minimum atomic E-state index is -1.05. The van der Waals surface area contributed by atoms with Gasteiger partial charge in [0.25, 0.3) is 11.8 Å². The Balaban J connectivity index is 2.38. The molecule has 0 bridgehead atoms. The van der Waals surface area contributed by atoms with Crippen LogP contribution < -0.4 is 5.48 Å². The van der Waals surface area contributed by atoms with Crippen molar-refractivity contribution in [3.63, 3.8) is 0 Å². The fourth-order valence-electron chi connectivity index (χ4n) is 4.16. The normalized spacial score (nSPS) is 15.1. The van der Waals surface area contributed by atoms with E-state index in [4.69, 9.17) is 0 Å². The smallest absolute Gasteiger partial charge is 0.268 e. The molecule has 1 atom stereocenters. The zero-order valence-corrected chi connectivity index (χ0v) is 21.7. The summed E-state index contributed by atoms with van der Waals surface area (Å²) >= 11 is 0. The summed E-state index contributed by atoms with van der Waals surface area (Å²) in [5, 5.41) is 12.3. The molecule has 1 fully saturated rings. The predicted octanol–water partition coefficient (Wildman–Crippen LogP) is 3.72. The van der Waals surface area contributed by atoms with Crippen LogP contribution in [-0.4, -0.2) is 70.1 Å². The Morgan fingerprint density at radius 2 is 1.69 bits per heavy atom. The van der Waals surface area contributed by atoms with E-state index in [1.54, 1.807) is 11.6 Å². The molecule has 1 heterocycles. The van der Waals surface area contributed by atoms with Crippen LogP contribution in [-0.2, 0) is 14.4 Å². The quantitative estimate of drug-likeness (QED) is 0.347. The van der Waals surface area contributed by atoms with Crippen LogP contribution >= 0.6 is 0 Å². The Bertz CT molecular complexity index is 835. The molecule has 194 valence electrons. The maximum atomic E-state index is 13.5. The van der Waals surface area contributed by atoms with Crippen LogP contribution in [0.15, 0.2) is 36.4 Å². The fraction of sp³-hybridized carbons (Fsp3) is 0.593. The van der Waals surface area contributed by atoms with Gasteiger partial charge in [-0.2, -0.15) is 0 Å². The number of hydrogen-bond donors (Lipinski definition) is 2. The van der Waals surface area contributed by atoms with E-state index in [9.17, 15) is 19.6 Å². The Morgan fingerprint density at radius 1 is 1.03 bits per heavy atom. The summed E-state index contributed by atoms with van der Waals surface area (Å²) < 4.78 is 0. The van der Waals surface area contributed by atoms with E-state index in [-0.39, 0.29) is 37.1 Å². The number of benzene rings is 1. The second kappa shape index (κ2) is 14.6. The molecule has 0 aliphatic carbocycles. The van der Waals surface area contributed by atoms with Gasteiger partial charge in [0.15, 0.2) is 0 Å². The third-order valence-electron chi connectivity index (χ3n) is 6.01. The van der Waals surface area contributed by atoms with Gasteiger partial charge < -0.3 is 0 Å². The van der Waals surface area contributed by atoms with Gasteiger partial charge in [0.2, 0.25) is 5.91 Å². The molecule has 8 nitrogen and oxygen atoms in total. The number of likely N-dealkylation sites (tertiary alicyclic amines) is 1. The predicted molar refractivity (Wildman–Crippen MR) is 137 cm³/mol. The van der Waals surface area contributed by atoms with Crippen molar-refractivity contribution in [2.75, 3.05) is 26.2 Å². The van der Waals surface area contributed by atoms with Crippen molar-refractivity contribution in [2.24, 2.45) is 11.8 Å². The summed E-state index contributed by atoms with van der Waals surface area (Å²) in [5.74, 6) is -0.848. The van der Waals surface area contributed by atoms with Crippen LogP contribution in [0.1, 0.15) is 65.4 Å². The minimum absolute atomic E-state index is 0.0793. The van der Waals surface area contributed by atoms with Gasteiger partial charge in [0.05, 0.1) is 6.54 Å². The number of amides is 3. The summed E-state index contributed by atoms with van der Waals surface area (Å²) in [6, 6.07) is 8.58. The largest absolute Gasteiger partial charge is 0.294 e. The summed E-state index contributed by atoms with van der Waals surface area (Å²) in [5.41, 5.74) is 2.68. The van der Waals surface area contributed by atoms with E-state index in [1.807, 2.05) is 64.1 Å². The zero-order chi connectivity index (χ0) is 25.8. The monoisotopic (exact) mass is 486 g/mol. The topological polar surface area (TPSA) is 93.2 Å². The van der Waals surface area contributed by atoms with Crippen molar-refractivity contribution in [1.82, 2.24) is 20.4 Å². The Labute approximate surface area is 209 Å². The first kappa shape index (κ1) is 28.5. The highest BCUT2D eigenvalue weighted by Gasteiger charge is 2.36. The number of hydroxylamine groups is 1. The van der Waals surface area contributed by atoms with E-state index in [1.165, 1.54) is 10.0 Å². The maximum Gasteiger partial charge on any atom is 0.268 e. The summed E-state index contributed by atoms with van der Waals surface area (Å²) in [4.78, 5) is 42.0. The molecule has 1 aliphatic rings. The number of nitrogens with zero attached hydrogens (tertiary/aromatic N) is 3. The molecular weight excluding hydrogens is 444 g/mol. The second-order valence-electron chi connectivity index (χ2n) is 10.1. The summed E-state index contributed by atoms with van der Waals surface area (Å²) in [6.45, 7) is 10.2. The second-order valence-corrected chi connectivity index (χ2v) is 10.1. The van der Waals surface area contributed by atoms with Crippen LogP contribution in [0.3, 0.4) is 0 Å². The molecule has 0 aromatic heterocycles. The third-order valence-corrected chi connectivity index (χ3v) is 6.01. The van der Waals surface area contributed by atoms with Gasteiger partial charge in [-0.3, -0.25) is 24.5 Å². The first-order valence-corrected chi connectivity index (χ1v) is 12.7. The lowest BCUT2D eigenvalue weighted by Gasteiger charge is -2.40. The van der Waals surface area contributed by atoms with E-state index < -0.39 is 11.9 Å². The number of nitrogens with one attached hydrogen (secondary N) is 1. The highest BCUT2D eigenvalue weighted by atomic mass is 16.5. The van der Waals surface area contributed by atoms with Crippen LogP contribution in [0.4, 0.5) is 0 Å². The average Bonchev–Trinajstić information content (AvgIpc) is 3.34. The molecule has 1 aromatic carbocycles. The van der Waals surface area contributed by atoms with E-state index in [2.05, 4.69) is 4.90 Å². The molecule has 0 radical (unpaired) electrons. The Morgan fingerprint density at radius 3 is 2.26 bits per heavy atom. The molecule has 1 aliphatic heterocycles. The molecule has 8 heteroatoms. The highest BCUT2D eigenvalue weighted by Crippen LogP contribution is 2.19. The van der Waals surface area contributed by atoms with E-state index in [0.717, 1.165) is 31.5 Å². The highest BCUT2D eigenvalue weighted by molar-refractivity contribution is 5.89. The summed E-state index contributed by atoms with van der Waals surface area (Å²) in [7, 11) is 0. The lowest BCUT2D eigenvalue weighted by Crippen LogP contribution is -2.60. The molecule has 2 N–H and O–H groups in total. The van der Waals surface area contributed by atoms with E-state index >= 15 is 0 Å². The number of carbonyl (C=O) groups excluding carboxylic acids is 3. The number of carbonyl (C=O) groups is 3. The molecule has 2 rings (SSSR count). The van der Waals surface area contributed by atoms with Gasteiger partial charge in [-0.1, -0.05) is 70.2 Å². The SMILES string of the molecule is CC(C)CCC(=O)N([C@@H](CC=Cc1ccccc1)C(=O)NO)N(CC(C)C)C(=O)CN1CCCC1. The maximum absolute atomic E-state index is 13.5. The summed E-state index contributed by atoms with van der Waals surface area (Å²) in [6.07, 6.45) is 6.77. The van der Waals surface area contributed by atoms with Crippen LogP contribution in [0.2, 0.25) is 0 Å². The van der Waals surface area contributed by atoms with Gasteiger partial charge in [-0.05, 0) is 56.2 Å². The van der Waals surface area contributed by atoms with Gasteiger partial charge >= 0.3 is 0 Å². The standard InChI is InChI=1S/C27H42N4O4/c1-21(2)15-16-25(32)31(30(19-22(3)4)26(33)20-29-17-8-9-18-29)24(27(34)28-35)14-10-13-23-11-6-5-7-12-23/h5-7,10-13,21-22,24,35H,8-9,14-20H2,1-4H3,(H,28,34)/t24-/m0/s1. The first-order chi connectivity index (χ1) is 16.7. The number of hydrazine groups is 1. The zero-order valence-electron chi connectivity index (χ0n) is 21.7. The average molecular weight is 487 g/mol. The Hall–Kier alpha value is -2.71. The van der Waals surface area contributed by atoms with Gasteiger partial charge in [0, 0.05) is 13.0 Å². The van der Waals surface area contributed by atoms with Crippen molar-refractivity contribution in [1.29, 1.82) is 0 Å². The van der Waals surface area contributed by atoms with Crippen molar-refractivity contribution in [3.8, 4) is 0 Å². The van der Waals surface area contributed by atoms with Crippen LogP contribution in [0.25, 0.3) is 6.08 Å². The first-order valence-electron chi connectivity index (χ1n) is 12.7. The Kier molecular flexibility index (Phi) is 11.9. The van der Waals surface area contributed by atoms with Crippen molar-refractivity contribution < 1.29 is 19.6 Å². The van der Waals surface area contributed by atoms with E-state index in [0.29, 0.717) is 18.9 Å². The number of rotatable bonds is 12. The van der Waals surface area contributed by atoms with Crippen molar-refractivity contribution in [3.05, 3.63) is 42.0 Å². The van der Waals surface area contributed by atoms with Gasteiger partial charge in [-0.15, -0.1) is 0 Å². The third kappa shape index (κ3) is 9.45. The van der Waals surface area contributed by atoms with Gasteiger partial charge in [-0.25, -0.2) is 15.5 Å². The lowest BCUT2D eigenvalue weighted by atomic mass is 10.1. The molecule has 0 unspecified atom stereocenters. The van der Waals surface area contributed by atoms with Crippen molar-refractivity contribution >= 4 is 23.8 Å². The van der Waals surface area contributed by atoms with Crippen LogP contribution in [0, 0.1) is 11.8 Å². The number of hydrogen-bond acceptors (Lipinski definition) is 5. The molecular formula is C27H42N4O4. The molecule has 1 saturated heterocycles. The lowest BCUT2D eigenvalue weighted by molar-refractivity contribution is -0.175. The molecule has 35 heavy (non-hydrogen) atoms. The van der Waals surface area contributed by atoms with Crippen molar-refractivity contribution in [2.45, 2.75) is 65.8 Å². The minimum Gasteiger partial charge on any atom is -0.294 e. The van der Waals surface area contributed by atoms with Crippen LogP contribution in [0.5, 0.6) is 0 Å². The van der Waals surface area contributed by atoms with Gasteiger partial charge in [0.1, 0.15) is 6.04 Å². The molecule has 0 spiro atoms.